The van der Waals surface area contributed by atoms with Crippen LogP contribution < -0.4 is 16.6 Å². The molecule has 0 bridgehead atoms. The molecule has 0 aliphatic rings. The molecule has 1 heterocycles. The van der Waals surface area contributed by atoms with Gasteiger partial charge in [0, 0.05) is 5.69 Å². The lowest BCUT2D eigenvalue weighted by Crippen LogP contribution is -2.45. The summed E-state index contributed by atoms with van der Waals surface area (Å²) in [6.07, 6.45) is 0. The Morgan fingerprint density at radius 1 is 0.941 bits per heavy atom. The van der Waals surface area contributed by atoms with Crippen LogP contribution in [0.15, 0.2) is 76.3 Å². The van der Waals surface area contributed by atoms with Gasteiger partial charge in [0.1, 0.15) is 5.82 Å². The standard InChI is InChI=1S/C26H23FN4O3/c1-16-6-4-7-19(12-16)15-30-25(33)23(24(32)28-21-9-5-8-20(27)14-21)29-31(26(30)34)22-11-10-17(2)18(3)13-22/h4-14H,15H2,1-3H3,(H,28,32). The number of anilines is 1. The molecule has 0 spiro atoms. The first-order chi connectivity index (χ1) is 16.2. The average Bonchev–Trinajstić information content (AvgIpc) is 2.79. The molecule has 34 heavy (non-hydrogen) atoms. The molecule has 0 radical (unpaired) electrons. The van der Waals surface area contributed by atoms with Crippen LogP contribution in [-0.4, -0.2) is 20.3 Å². The Kier molecular flexibility index (Phi) is 6.23. The third-order valence-electron chi connectivity index (χ3n) is 5.52. The summed E-state index contributed by atoms with van der Waals surface area (Å²) < 4.78 is 15.6. The van der Waals surface area contributed by atoms with Crippen molar-refractivity contribution in [3.05, 3.63) is 121 Å². The Morgan fingerprint density at radius 2 is 1.71 bits per heavy atom. The van der Waals surface area contributed by atoms with E-state index in [2.05, 4.69) is 10.4 Å². The second kappa shape index (κ2) is 9.27. The van der Waals surface area contributed by atoms with E-state index in [1.807, 2.05) is 45.0 Å². The first-order valence-electron chi connectivity index (χ1n) is 10.7. The van der Waals surface area contributed by atoms with Gasteiger partial charge in [-0.1, -0.05) is 42.0 Å². The predicted octanol–water partition coefficient (Wildman–Crippen LogP) is 3.76. The van der Waals surface area contributed by atoms with Gasteiger partial charge in [-0.05, 0) is 67.8 Å². The van der Waals surface area contributed by atoms with Crippen molar-refractivity contribution in [1.29, 1.82) is 0 Å². The zero-order valence-corrected chi connectivity index (χ0v) is 19.0. The normalized spacial score (nSPS) is 10.8. The Hall–Kier alpha value is -4.33. The number of hydrogen-bond donors (Lipinski definition) is 1. The second-order valence-electron chi connectivity index (χ2n) is 8.16. The van der Waals surface area contributed by atoms with E-state index in [-0.39, 0.29) is 12.2 Å². The topological polar surface area (TPSA) is 86.0 Å². The third-order valence-corrected chi connectivity index (χ3v) is 5.52. The maximum atomic E-state index is 13.6. The molecule has 4 aromatic rings. The van der Waals surface area contributed by atoms with Crippen molar-refractivity contribution in [1.82, 2.24) is 14.3 Å². The molecule has 0 saturated heterocycles. The molecule has 172 valence electrons. The van der Waals surface area contributed by atoms with E-state index in [0.29, 0.717) is 5.69 Å². The number of nitrogens with one attached hydrogen (secondary N) is 1. The van der Waals surface area contributed by atoms with Crippen molar-refractivity contribution >= 4 is 11.6 Å². The number of aromatic nitrogens is 3. The predicted molar refractivity (Wildman–Crippen MR) is 128 cm³/mol. The van der Waals surface area contributed by atoms with Gasteiger partial charge in [-0.15, -0.1) is 0 Å². The van der Waals surface area contributed by atoms with Crippen LogP contribution in [0.4, 0.5) is 10.1 Å². The molecule has 1 N–H and O–H groups in total. The van der Waals surface area contributed by atoms with Gasteiger partial charge >= 0.3 is 5.69 Å². The second-order valence-corrected chi connectivity index (χ2v) is 8.16. The van der Waals surface area contributed by atoms with Gasteiger partial charge in [0.05, 0.1) is 12.2 Å². The van der Waals surface area contributed by atoms with E-state index in [4.69, 9.17) is 0 Å². The average molecular weight is 458 g/mol. The van der Waals surface area contributed by atoms with Crippen LogP contribution in [0.3, 0.4) is 0 Å². The van der Waals surface area contributed by atoms with E-state index < -0.39 is 28.7 Å². The van der Waals surface area contributed by atoms with Gasteiger partial charge in [0.25, 0.3) is 11.5 Å². The van der Waals surface area contributed by atoms with E-state index in [1.165, 1.54) is 18.2 Å². The van der Waals surface area contributed by atoms with Crippen molar-refractivity contribution in [2.24, 2.45) is 0 Å². The van der Waals surface area contributed by atoms with Gasteiger partial charge in [0.2, 0.25) is 5.69 Å². The van der Waals surface area contributed by atoms with Gasteiger partial charge < -0.3 is 5.32 Å². The Bertz CT molecular complexity index is 1520. The van der Waals surface area contributed by atoms with Crippen LogP contribution in [0.25, 0.3) is 5.69 Å². The minimum absolute atomic E-state index is 0.0348. The van der Waals surface area contributed by atoms with Crippen molar-refractivity contribution < 1.29 is 9.18 Å². The summed E-state index contributed by atoms with van der Waals surface area (Å²) in [6, 6.07) is 18.0. The first kappa shape index (κ1) is 22.8. The highest BCUT2D eigenvalue weighted by Crippen LogP contribution is 2.13. The van der Waals surface area contributed by atoms with Crippen LogP contribution in [0.1, 0.15) is 32.7 Å². The van der Waals surface area contributed by atoms with E-state index >= 15 is 0 Å². The summed E-state index contributed by atoms with van der Waals surface area (Å²) in [5.74, 6) is -1.38. The fraction of sp³-hybridized carbons (Fsp3) is 0.154. The summed E-state index contributed by atoms with van der Waals surface area (Å²) >= 11 is 0. The molecular formula is C26H23FN4O3. The zero-order chi connectivity index (χ0) is 24.4. The Labute approximate surface area is 195 Å². The van der Waals surface area contributed by atoms with Crippen molar-refractivity contribution in [2.75, 3.05) is 5.32 Å². The number of nitrogens with zero attached hydrogens (tertiary/aromatic N) is 3. The molecule has 0 atom stereocenters. The summed E-state index contributed by atoms with van der Waals surface area (Å²) in [5.41, 5.74) is 2.26. The fourth-order valence-corrected chi connectivity index (χ4v) is 3.57. The van der Waals surface area contributed by atoms with Gasteiger partial charge in [-0.2, -0.15) is 9.78 Å². The zero-order valence-electron chi connectivity index (χ0n) is 19.0. The molecule has 7 nitrogen and oxygen atoms in total. The molecular weight excluding hydrogens is 435 g/mol. The number of aryl methyl sites for hydroxylation is 3. The fourth-order valence-electron chi connectivity index (χ4n) is 3.57. The number of carbonyl (C=O) groups excluding carboxylic acids is 1. The van der Waals surface area contributed by atoms with Crippen molar-refractivity contribution in [3.63, 3.8) is 0 Å². The minimum atomic E-state index is -0.842. The number of rotatable bonds is 5. The van der Waals surface area contributed by atoms with Crippen LogP contribution in [0, 0.1) is 26.6 Å². The highest BCUT2D eigenvalue weighted by Gasteiger charge is 2.21. The highest BCUT2D eigenvalue weighted by atomic mass is 19.1. The number of amides is 1. The number of benzene rings is 3. The minimum Gasteiger partial charge on any atom is -0.320 e. The molecule has 0 saturated carbocycles. The van der Waals surface area contributed by atoms with E-state index in [0.717, 1.165) is 37.6 Å². The SMILES string of the molecule is Cc1cccc(Cn2c(=O)c(C(=O)Nc3cccc(F)c3)nn(-c3ccc(C)c(C)c3)c2=O)c1. The van der Waals surface area contributed by atoms with Crippen LogP contribution in [-0.2, 0) is 6.54 Å². The molecule has 0 aliphatic heterocycles. The van der Waals surface area contributed by atoms with Crippen LogP contribution in [0.5, 0.6) is 0 Å². The summed E-state index contributed by atoms with van der Waals surface area (Å²) in [4.78, 5) is 39.6. The third kappa shape index (κ3) is 4.71. The lowest BCUT2D eigenvalue weighted by atomic mass is 10.1. The molecule has 0 unspecified atom stereocenters. The summed E-state index contributed by atoms with van der Waals surface area (Å²) in [6.45, 7) is 5.70. The lowest BCUT2D eigenvalue weighted by molar-refractivity contribution is 0.101. The van der Waals surface area contributed by atoms with Gasteiger partial charge in [0.15, 0.2) is 0 Å². The smallest absolute Gasteiger partial charge is 0.320 e. The quantitative estimate of drug-likeness (QED) is 0.494. The van der Waals surface area contributed by atoms with Gasteiger partial charge in [-0.25, -0.2) is 9.18 Å². The molecule has 1 aromatic heterocycles. The molecule has 0 aliphatic carbocycles. The van der Waals surface area contributed by atoms with Crippen LogP contribution >= 0.6 is 0 Å². The first-order valence-corrected chi connectivity index (χ1v) is 10.7. The summed E-state index contributed by atoms with van der Waals surface area (Å²) in [7, 11) is 0. The lowest BCUT2D eigenvalue weighted by Gasteiger charge is -2.13. The molecule has 1 amide bonds. The number of hydrogen-bond acceptors (Lipinski definition) is 4. The Balaban J connectivity index is 1.87. The molecule has 3 aromatic carbocycles. The maximum Gasteiger partial charge on any atom is 0.352 e. The molecule has 0 fully saturated rings. The molecule has 8 heteroatoms. The van der Waals surface area contributed by atoms with Gasteiger partial charge in [-0.3, -0.25) is 14.2 Å². The van der Waals surface area contributed by atoms with E-state index in [1.54, 1.807) is 18.2 Å². The number of halogens is 1. The Morgan fingerprint density at radius 3 is 2.41 bits per heavy atom. The van der Waals surface area contributed by atoms with Crippen LogP contribution in [0.2, 0.25) is 0 Å². The number of carbonyl (C=O) groups is 1. The van der Waals surface area contributed by atoms with Crippen molar-refractivity contribution in [3.8, 4) is 5.69 Å². The summed E-state index contributed by atoms with van der Waals surface area (Å²) in [5, 5.41) is 6.60. The largest absolute Gasteiger partial charge is 0.352 e. The maximum absolute atomic E-state index is 13.6. The monoisotopic (exact) mass is 458 g/mol. The van der Waals surface area contributed by atoms with Crippen molar-refractivity contribution in [2.45, 2.75) is 27.3 Å². The highest BCUT2D eigenvalue weighted by molar-refractivity contribution is 6.02. The molecule has 4 rings (SSSR count). The van der Waals surface area contributed by atoms with E-state index in [9.17, 15) is 18.8 Å².